The first-order valence-corrected chi connectivity index (χ1v) is 9.24. The van der Waals surface area contributed by atoms with Gasteiger partial charge in [0.05, 0.1) is 11.6 Å². The highest BCUT2D eigenvalue weighted by molar-refractivity contribution is 7.02. The molecule has 1 aliphatic rings. The van der Waals surface area contributed by atoms with Gasteiger partial charge in [0.2, 0.25) is 12.3 Å². The summed E-state index contributed by atoms with van der Waals surface area (Å²) in [5.41, 5.74) is 2.00. The van der Waals surface area contributed by atoms with Crippen molar-refractivity contribution in [3.63, 3.8) is 0 Å². The number of para-hydroxylation sites is 1. The van der Waals surface area contributed by atoms with Gasteiger partial charge in [0, 0.05) is 37.6 Å². The molecule has 0 N–H and O–H groups in total. The van der Waals surface area contributed by atoms with Gasteiger partial charge in [-0.05, 0) is 38.3 Å². The maximum atomic E-state index is 10.9. The van der Waals surface area contributed by atoms with Gasteiger partial charge < -0.3 is 9.32 Å². The SMILES string of the molecule is C=NN(N=C)c1ccccc1C.C[C@@H]1CCC(c2nsc(=O)o2)CN1C=O. The normalized spacial score (nSPS) is 18.8. The van der Waals surface area contributed by atoms with Crippen molar-refractivity contribution >= 4 is 37.1 Å². The van der Waals surface area contributed by atoms with Gasteiger partial charge in [-0.3, -0.25) is 4.79 Å². The quantitative estimate of drug-likeness (QED) is 0.445. The van der Waals surface area contributed by atoms with E-state index in [1.54, 1.807) is 4.90 Å². The number of carbonyl (C=O) groups is 1. The first-order chi connectivity index (χ1) is 13.0. The summed E-state index contributed by atoms with van der Waals surface area (Å²) < 4.78 is 8.91. The number of aryl methyl sites for hydroxylation is 1. The van der Waals surface area contributed by atoms with E-state index in [4.69, 9.17) is 4.42 Å². The lowest BCUT2D eigenvalue weighted by atomic mass is 9.94. The van der Waals surface area contributed by atoms with E-state index < -0.39 is 0 Å². The van der Waals surface area contributed by atoms with Crippen molar-refractivity contribution in [1.82, 2.24) is 9.27 Å². The molecule has 8 nitrogen and oxygen atoms in total. The molecule has 144 valence electrons. The summed E-state index contributed by atoms with van der Waals surface area (Å²) >= 11 is 0.829. The summed E-state index contributed by atoms with van der Waals surface area (Å²) in [7, 11) is 0. The van der Waals surface area contributed by atoms with Crippen molar-refractivity contribution in [3.05, 3.63) is 45.5 Å². The molecule has 2 heterocycles. The lowest BCUT2D eigenvalue weighted by Crippen LogP contribution is -2.39. The van der Waals surface area contributed by atoms with Crippen LogP contribution < -0.4 is 10.1 Å². The summed E-state index contributed by atoms with van der Waals surface area (Å²) in [6.45, 7) is 11.4. The van der Waals surface area contributed by atoms with Gasteiger partial charge in [0.1, 0.15) is 0 Å². The molecule has 1 aromatic heterocycles. The van der Waals surface area contributed by atoms with Crippen LogP contribution >= 0.6 is 11.5 Å². The number of likely N-dealkylation sites (tertiary alicyclic amines) is 1. The highest BCUT2D eigenvalue weighted by Gasteiger charge is 2.28. The van der Waals surface area contributed by atoms with E-state index >= 15 is 0 Å². The number of hydrazone groups is 2. The Morgan fingerprint density at radius 3 is 2.59 bits per heavy atom. The van der Waals surface area contributed by atoms with Gasteiger partial charge in [-0.1, -0.05) is 18.2 Å². The number of piperidine rings is 1. The molecule has 1 amide bonds. The van der Waals surface area contributed by atoms with Crippen LogP contribution in [0.25, 0.3) is 0 Å². The third-order valence-electron chi connectivity index (χ3n) is 4.41. The molecule has 1 aliphatic heterocycles. The summed E-state index contributed by atoms with van der Waals surface area (Å²) in [6, 6.07) is 8.05. The molecule has 0 bridgehead atoms. The summed E-state index contributed by atoms with van der Waals surface area (Å²) in [5.74, 6) is 0.550. The highest BCUT2D eigenvalue weighted by atomic mass is 32.1. The molecule has 1 aromatic carbocycles. The van der Waals surface area contributed by atoms with Crippen molar-refractivity contribution < 1.29 is 9.21 Å². The lowest BCUT2D eigenvalue weighted by molar-refractivity contribution is -0.121. The smallest absolute Gasteiger partial charge is 0.398 e. The Labute approximate surface area is 162 Å². The third-order valence-corrected chi connectivity index (χ3v) is 4.92. The molecule has 9 heteroatoms. The number of benzene rings is 1. The van der Waals surface area contributed by atoms with Crippen molar-refractivity contribution in [2.75, 3.05) is 11.7 Å². The van der Waals surface area contributed by atoms with E-state index in [1.165, 1.54) is 5.12 Å². The van der Waals surface area contributed by atoms with Crippen LogP contribution in [0.5, 0.6) is 0 Å². The van der Waals surface area contributed by atoms with Crippen LogP contribution in [0, 0.1) is 6.92 Å². The minimum atomic E-state index is -0.374. The van der Waals surface area contributed by atoms with Gasteiger partial charge in [-0.25, -0.2) is 4.79 Å². The molecule has 2 atom stereocenters. The minimum Gasteiger partial charge on any atom is -0.398 e. The van der Waals surface area contributed by atoms with E-state index in [2.05, 4.69) is 28.0 Å². The number of hydrogen-bond acceptors (Lipinski definition) is 8. The topological polar surface area (TPSA) is 91.4 Å². The predicted molar refractivity (Wildman–Crippen MR) is 108 cm³/mol. The van der Waals surface area contributed by atoms with E-state index in [-0.39, 0.29) is 16.9 Å². The Kier molecular flexibility index (Phi) is 7.42. The lowest BCUT2D eigenvalue weighted by Gasteiger charge is -2.33. The molecule has 3 rings (SSSR count). The van der Waals surface area contributed by atoms with E-state index in [0.29, 0.717) is 12.4 Å². The molecular formula is C18H23N5O3S. The maximum Gasteiger partial charge on any atom is 0.414 e. The average molecular weight is 389 g/mol. The Bertz CT molecular complexity index is 826. The van der Waals surface area contributed by atoms with Crippen LogP contribution in [0.3, 0.4) is 0 Å². The molecule has 1 unspecified atom stereocenters. The number of nitrogens with zero attached hydrogens (tertiary/aromatic N) is 5. The molecule has 0 saturated carbocycles. The van der Waals surface area contributed by atoms with Crippen molar-refractivity contribution in [1.29, 1.82) is 0 Å². The van der Waals surface area contributed by atoms with Gasteiger partial charge in [0.25, 0.3) is 0 Å². The highest BCUT2D eigenvalue weighted by Crippen LogP contribution is 2.27. The van der Waals surface area contributed by atoms with E-state index in [1.807, 2.05) is 38.1 Å². The summed E-state index contributed by atoms with van der Waals surface area (Å²) in [6.07, 6.45) is 2.68. The first kappa shape index (κ1) is 20.5. The van der Waals surface area contributed by atoms with Crippen LogP contribution in [0.4, 0.5) is 5.69 Å². The summed E-state index contributed by atoms with van der Waals surface area (Å²) in [4.78, 5) is 23.0. The average Bonchev–Trinajstić information content (AvgIpc) is 3.11. The van der Waals surface area contributed by atoms with Crippen molar-refractivity contribution in [3.8, 4) is 0 Å². The van der Waals surface area contributed by atoms with Crippen molar-refractivity contribution in [2.24, 2.45) is 10.2 Å². The van der Waals surface area contributed by atoms with Gasteiger partial charge in [0.15, 0.2) is 0 Å². The Morgan fingerprint density at radius 2 is 2.04 bits per heavy atom. The van der Waals surface area contributed by atoms with Crippen LogP contribution in [0.2, 0.25) is 0 Å². The molecule has 1 fully saturated rings. The molecule has 1 saturated heterocycles. The fraction of sp³-hybridized carbons (Fsp3) is 0.389. The number of amides is 1. The number of aromatic nitrogens is 1. The Balaban J connectivity index is 0.000000199. The van der Waals surface area contributed by atoms with Crippen LogP contribution in [-0.4, -0.2) is 41.7 Å². The number of hydrogen-bond donors (Lipinski definition) is 0. The fourth-order valence-corrected chi connectivity index (χ4v) is 3.30. The zero-order chi connectivity index (χ0) is 19.8. The molecule has 2 aromatic rings. The second-order valence-corrected chi connectivity index (χ2v) is 6.86. The van der Waals surface area contributed by atoms with E-state index in [0.717, 1.165) is 42.0 Å². The minimum absolute atomic E-state index is 0.0744. The van der Waals surface area contributed by atoms with E-state index in [9.17, 15) is 9.59 Å². The van der Waals surface area contributed by atoms with Crippen LogP contribution in [0.15, 0.2) is 43.7 Å². The zero-order valence-electron chi connectivity index (χ0n) is 15.4. The van der Waals surface area contributed by atoms with Crippen LogP contribution in [0.1, 0.15) is 37.1 Å². The third kappa shape index (κ3) is 5.33. The second-order valence-electron chi connectivity index (χ2n) is 6.16. The zero-order valence-corrected chi connectivity index (χ0v) is 16.3. The molecular weight excluding hydrogens is 366 g/mol. The van der Waals surface area contributed by atoms with Crippen LogP contribution in [-0.2, 0) is 4.79 Å². The second kappa shape index (κ2) is 9.77. The molecule has 0 spiro atoms. The Morgan fingerprint density at radius 1 is 1.33 bits per heavy atom. The molecule has 0 aliphatic carbocycles. The van der Waals surface area contributed by atoms with Crippen molar-refractivity contribution in [2.45, 2.75) is 38.6 Å². The predicted octanol–water partition coefficient (Wildman–Crippen LogP) is 2.85. The number of rotatable bonds is 5. The first-order valence-electron chi connectivity index (χ1n) is 8.47. The summed E-state index contributed by atoms with van der Waals surface area (Å²) in [5, 5.41) is 8.78. The maximum absolute atomic E-state index is 10.9. The molecule has 27 heavy (non-hydrogen) atoms. The Hall–Kier alpha value is -2.81. The number of carbonyl (C=O) groups excluding carboxylic acids is 1. The van der Waals surface area contributed by atoms with Gasteiger partial charge in [-0.15, -0.1) is 0 Å². The molecule has 0 radical (unpaired) electrons. The van der Waals surface area contributed by atoms with Gasteiger partial charge in [-0.2, -0.15) is 19.7 Å². The fourth-order valence-electron chi connectivity index (χ4n) is 2.83. The standard InChI is InChI=1S/C9H11N3.C9H12N2O3S/c1-8-6-4-5-7-9(8)12(10-2)11-3;1-6-2-3-7(4-11(6)5-12)8-10-15-9(13)14-8/h4-7H,2-3H2,1H3;5-7H,2-4H2,1H3/t;6-,7?/m.1/s1. The van der Waals surface area contributed by atoms with Gasteiger partial charge >= 0.3 is 4.94 Å². The monoisotopic (exact) mass is 389 g/mol. The number of anilines is 1. The largest absolute Gasteiger partial charge is 0.414 e.